The third-order valence-corrected chi connectivity index (χ3v) is 5.47. The van der Waals surface area contributed by atoms with Gasteiger partial charge in [-0.3, -0.25) is 4.31 Å². The summed E-state index contributed by atoms with van der Waals surface area (Å²) in [5, 5.41) is 0. The lowest BCUT2D eigenvalue weighted by Crippen LogP contribution is -2.31. The molecule has 1 heterocycles. The third-order valence-electron chi connectivity index (χ3n) is 3.66. The molecule has 7 heteroatoms. The van der Waals surface area contributed by atoms with E-state index in [4.69, 9.17) is 14.2 Å². The Labute approximate surface area is 147 Å². The van der Waals surface area contributed by atoms with Crippen LogP contribution in [0.4, 0.5) is 5.69 Å². The highest BCUT2D eigenvalue weighted by Gasteiger charge is 2.26. The van der Waals surface area contributed by atoms with E-state index in [0.717, 1.165) is 0 Å². The summed E-state index contributed by atoms with van der Waals surface area (Å²) in [7, 11) is -3.76. The van der Waals surface area contributed by atoms with E-state index < -0.39 is 10.0 Å². The van der Waals surface area contributed by atoms with Crippen molar-refractivity contribution >= 4 is 15.7 Å². The molecule has 0 unspecified atom stereocenters. The fraction of sp³-hybridized carbons (Fsp3) is 0.222. The summed E-state index contributed by atoms with van der Waals surface area (Å²) in [5.41, 5.74) is 0.484. The Kier molecular flexibility index (Phi) is 4.85. The number of nitrogens with zero attached hydrogens (tertiary/aromatic N) is 1. The first kappa shape index (κ1) is 17.2. The van der Waals surface area contributed by atoms with Crippen LogP contribution in [0.25, 0.3) is 0 Å². The number of fused-ring (bicyclic) bond motifs is 1. The van der Waals surface area contributed by atoms with E-state index >= 15 is 0 Å². The number of benzene rings is 2. The van der Waals surface area contributed by atoms with E-state index in [1.165, 1.54) is 22.5 Å². The maximum Gasteiger partial charge on any atom is 0.264 e. The van der Waals surface area contributed by atoms with Gasteiger partial charge in [-0.15, -0.1) is 6.58 Å². The van der Waals surface area contributed by atoms with Crippen molar-refractivity contribution in [3.63, 3.8) is 0 Å². The highest BCUT2D eigenvalue weighted by Crippen LogP contribution is 2.37. The lowest BCUT2D eigenvalue weighted by molar-refractivity contribution is 0.174. The monoisotopic (exact) mass is 361 g/mol. The number of anilines is 1. The highest BCUT2D eigenvalue weighted by molar-refractivity contribution is 7.92. The molecule has 2 aromatic rings. The van der Waals surface area contributed by atoms with Gasteiger partial charge in [0.2, 0.25) is 6.79 Å². The van der Waals surface area contributed by atoms with E-state index in [9.17, 15) is 8.42 Å². The molecule has 0 N–H and O–H groups in total. The number of sulfonamides is 1. The lowest BCUT2D eigenvalue weighted by atomic mass is 10.3. The molecule has 0 aliphatic carbocycles. The molecule has 0 atom stereocenters. The van der Waals surface area contributed by atoms with Gasteiger partial charge in [-0.2, -0.15) is 0 Å². The normalized spacial score (nSPS) is 12.7. The van der Waals surface area contributed by atoms with Crippen molar-refractivity contribution < 1.29 is 22.6 Å². The van der Waals surface area contributed by atoms with Crippen molar-refractivity contribution in [1.29, 1.82) is 0 Å². The van der Waals surface area contributed by atoms with Crippen molar-refractivity contribution in [1.82, 2.24) is 0 Å². The van der Waals surface area contributed by atoms with Crippen molar-refractivity contribution in [3.05, 3.63) is 55.1 Å². The van der Waals surface area contributed by atoms with Crippen molar-refractivity contribution in [2.45, 2.75) is 11.8 Å². The van der Waals surface area contributed by atoms with Gasteiger partial charge in [-0.1, -0.05) is 6.08 Å². The summed E-state index contributed by atoms with van der Waals surface area (Å²) in [5.74, 6) is 1.74. The molecule has 0 fully saturated rings. The van der Waals surface area contributed by atoms with Gasteiger partial charge >= 0.3 is 0 Å². The van der Waals surface area contributed by atoms with Crippen LogP contribution in [0, 0.1) is 0 Å². The van der Waals surface area contributed by atoms with Gasteiger partial charge < -0.3 is 14.2 Å². The predicted molar refractivity (Wildman–Crippen MR) is 94.9 cm³/mol. The van der Waals surface area contributed by atoms with Gasteiger partial charge in [0.05, 0.1) is 23.7 Å². The van der Waals surface area contributed by atoms with Crippen molar-refractivity contribution in [2.75, 3.05) is 24.2 Å². The Morgan fingerprint density at radius 2 is 1.88 bits per heavy atom. The highest BCUT2D eigenvalue weighted by atomic mass is 32.2. The lowest BCUT2D eigenvalue weighted by Gasteiger charge is -2.23. The summed E-state index contributed by atoms with van der Waals surface area (Å²) < 4.78 is 43.4. The number of ether oxygens (including phenoxy) is 3. The first-order chi connectivity index (χ1) is 12.1. The van der Waals surface area contributed by atoms with Gasteiger partial charge in [0, 0.05) is 6.07 Å². The van der Waals surface area contributed by atoms with E-state index in [2.05, 4.69) is 6.58 Å². The van der Waals surface area contributed by atoms with Crippen molar-refractivity contribution in [2.24, 2.45) is 0 Å². The van der Waals surface area contributed by atoms with Gasteiger partial charge in [0.1, 0.15) is 5.75 Å². The quantitative estimate of drug-likeness (QED) is 0.709. The van der Waals surface area contributed by atoms with Crippen LogP contribution >= 0.6 is 0 Å². The second-order valence-electron chi connectivity index (χ2n) is 5.27. The zero-order chi connectivity index (χ0) is 17.9. The molecule has 0 aromatic heterocycles. The summed E-state index contributed by atoms with van der Waals surface area (Å²) in [6.07, 6.45) is 1.54. The number of hydrogen-bond donors (Lipinski definition) is 0. The second kappa shape index (κ2) is 7.06. The average molecular weight is 361 g/mol. The Morgan fingerprint density at radius 1 is 1.16 bits per heavy atom. The molecule has 0 spiro atoms. The Hall–Kier alpha value is -2.67. The molecule has 0 saturated carbocycles. The molecule has 2 aromatic carbocycles. The summed E-state index contributed by atoms with van der Waals surface area (Å²) in [6.45, 7) is 6.32. The second-order valence-corrected chi connectivity index (χ2v) is 7.13. The van der Waals surface area contributed by atoms with E-state index in [1.807, 2.05) is 6.92 Å². The fourth-order valence-corrected chi connectivity index (χ4v) is 3.93. The SMILES string of the molecule is C=CCN(c1ccc2c(c1)OCO2)S(=O)(=O)c1ccc(OCC)cc1. The van der Waals surface area contributed by atoms with Gasteiger partial charge in [-0.25, -0.2) is 8.42 Å². The van der Waals surface area contributed by atoms with Crippen LogP contribution in [0.2, 0.25) is 0 Å². The predicted octanol–water partition coefficient (Wildman–Crippen LogP) is 3.20. The minimum Gasteiger partial charge on any atom is -0.494 e. The van der Waals surface area contributed by atoms with Crippen molar-refractivity contribution in [3.8, 4) is 17.2 Å². The minimum absolute atomic E-state index is 0.131. The van der Waals surface area contributed by atoms with E-state index in [-0.39, 0.29) is 18.2 Å². The largest absolute Gasteiger partial charge is 0.494 e. The summed E-state index contributed by atoms with van der Waals surface area (Å²) in [6, 6.07) is 11.4. The molecule has 0 amide bonds. The van der Waals surface area contributed by atoms with Crippen LogP contribution in [0.1, 0.15) is 6.92 Å². The zero-order valence-electron chi connectivity index (χ0n) is 13.8. The maximum atomic E-state index is 13.1. The molecule has 6 nitrogen and oxygen atoms in total. The maximum absolute atomic E-state index is 13.1. The van der Waals surface area contributed by atoms with Gasteiger partial charge in [-0.05, 0) is 43.3 Å². The molecular weight excluding hydrogens is 342 g/mol. The molecule has 3 rings (SSSR count). The third kappa shape index (κ3) is 3.41. The molecule has 25 heavy (non-hydrogen) atoms. The van der Waals surface area contributed by atoms with Gasteiger partial charge in [0.15, 0.2) is 11.5 Å². The summed E-state index contributed by atoms with van der Waals surface area (Å²) >= 11 is 0. The number of hydrogen-bond acceptors (Lipinski definition) is 5. The van der Waals surface area contributed by atoms with Gasteiger partial charge in [0.25, 0.3) is 10.0 Å². The minimum atomic E-state index is -3.76. The molecule has 0 saturated heterocycles. The Balaban J connectivity index is 1.97. The average Bonchev–Trinajstić information content (AvgIpc) is 3.08. The molecule has 0 bridgehead atoms. The smallest absolute Gasteiger partial charge is 0.264 e. The topological polar surface area (TPSA) is 65.1 Å². The molecule has 1 aliphatic heterocycles. The van der Waals surface area contributed by atoms with Crippen LogP contribution < -0.4 is 18.5 Å². The summed E-state index contributed by atoms with van der Waals surface area (Å²) in [4.78, 5) is 0.176. The number of rotatable bonds is 7. The van der Waals surface area contributed by atoms with Crippen LogP contribution in [0.15, 0.2) is 60.0 Å². The van der Waals surface area contributed by atoms with Crippen LogP contribution in [0.5, 0.6) is 17.2 Å². The fourth-order valence-electron chi connectivity index (χ4n) is 2.50. The van der Waals surface area contributed by atoms with E-state index in [1.54, 1.807) is 30.3 Å². The molecule has 0 radical (unpaired) electrons. The van der Waals surface area contributed by atoms with Crippen LogP contribution in [-0.2, 0) is 10.0 Å². The Morgan fingerprint density at radius 3 is 2.56 bits per heavy atom. The molecule has 132 valence electrons. The van der Waals surface area contributed by atoms with Crippen LogP contribution in [-0.4, -0.2) is 28.4 Å². The first-order valence-corrected chi connectivity index (χ1v) is 9.26. The van der Waals surface area contributed by atoms with Crippen LogP contribution in [0.3, 0.4) is 0 Å². The molecular formula is C18H19NO5S. The van der Waals surface area contributed by atoms with E-state index in [0.29, 0.717) is 29.5 Å². The zero-order valence-corrected chi connectivity index (χ0v) is 14.7. The molecule has 1 aliphatic rings. The first-order valence-electron chi connectivity index (χ1n) is 7.82. The Bertz CT molecular complexity index is 862. The standard InChI is InChI=1S/C18H19NO5S/c1-3-11-19(14-5-10-17-18(12-14)24-13-23-17)25(20,21)16-8-6-15(7-9-16)22-4-2/h3,5-10,12H,1,4,11,13H2,2H3.